The molecule has 2 aliphatic heterocycles. The Labute approximate surface area is 87.2 Å². The van der Waals surface area contributed by atoms with E-state index >= 15 is 0 Å². The lowest BCUT2D eigenvalue weighted by atomic mass is 9.94. The Hall–Kier alpha value is -0.120. The van der Waals surface area contributed by atoms with Crippen molar-refractivity contribution in [1.82, 2.24) is 15.5 Å². The quantitative estimate of drug-likeness (QED) is 0.680. The molecule has 2 rings (SSSR count). The lowest BCUT2D eigenvalue weighted by Crippen LogP contribution is -2.44. The van der Waals surface area contributed by atoms with Gasteiger partial charge in [0.2, 0.25) is 0 Å². The van der Waals surface area contributed by atoms with Crippen LogP contribution in [0.3, 0.4) is 0 Å². The molecule has 0 amide bonds. The first-order valence-corrected chi connectivity index (χ1v) is 6.09. The van der Waals surface area contributed by atoms with Gasteiger partial charge in [-0.05, 0) is 44.8 Å². The summed E-state index contributed by atoms with van der Waals surface area (Å²) in [5, 5.41) is 6.83. The minimum atomic E-state index is 0.992. The Morgan fingerprint density at radius 3 is 2.29 bits per heavy atom. The fraction of sp³-hybridized carbons (Fsp3) is 1.00. The van der Waals surface area contributed by atoms with Crippen molar-refractivity contribution in [3.8, 4) is 0 Å². The van der Waals surface area contributed by atoms with E-state index in [0.29, 0.717) is 0 Å². The van der Waals surface area contributed by atoms with Crippen LogP contribution in [0.5, 0.6) is 0 Å². The summed E-state index contributed by atoms with van der Waals surface area (Å²) in [5.74, 6) is 0.992. The summed E-state index contributed by atoms with van der Waals surface area (Å²) in [6.45, 7) is 8.69. The number of nitrogens with zero attached hydrogens (tertiary/aromatic N) is 1. The van der Waals surface area contributed by atoms with Crippen LogP contribution in [0.1, 0.15) is 19.3 Å². The van der Waals surface area contributed by atoms with Gasteiger partial charge in [-0.15, -0.1) is 0 Å². The number of hydrogen-bond acceptors (Lipinski definition) is 3. The van der Waals surface area contributed by atoms with Gasteiger partial charge in [0.25, 0.3) is 0 Å². The van der Waals surface area contributed by atoms with Crippen LogP contribution >= 0.6 is 0 Å². The average Bonchev–Trinajstić information content (AvgIpc) is 2.29. The van der Waals surface area contributed by atoms with E-state index in [1.165, 1.54) is 65.1 Å². The topological polar surface area (TPSA) is 27.3 Å². The van der Waals surface area contributed by atoms with Crippen molar-refractivity contribution in [2.45, 2.75) is 19.3 Å². The molecule has 0 aromatic carbocycles. The summed E-state index contributed by atoms with van der Waals surface area (Å²) < 4.78 is 0. The normalized spacial score (nSPS) is 26.6. The van der Waals surface area contributed by atoms with Crippen molar-refractivity contribution in [2.75, 3.05) is 45.8 Å². The minimum absolute atomic E-state index is 0.992. The molecule has 0 aromatic heterocycles. The van der Waals surface area contributed by atoms with Crippen LogP contribution in [0.4, 0.5) is 0 Å². The van der Waals surface area contributed by atoms with Crippen LogP contribution in [0.25, 0.3) is 0 Å². The van der Waals surface area contributed by atoms with Gasteiger partial charge in [-0.25, -0.2) is 0 Å². The molecule has 3 nitrogen and oxygen atoms in total. The van der Waals surface area contributed by atoms with E-state index < -0.39 is 0 Å². The van der Waals surface area contributed by atoms with Gasteiger partial charge in [0.15, 0.2) is 0 Å². The largest absolute Gasteiger partial charge is 0.317 e. The Balaban J connectivity index is 1.60. The zero-order chi connectivity index (χ0) is 9.64. The summed E-state index contributed by atoms with van der Waals surface area (Å²) in [5.41, 5.74) is 0. The highest BCUT2D eigenvalue weighted by molar-refractivity contribution is 4.72. The van der Waals surface area contributed by atoms with Gasteiger partial charge < -0.3 is 15.5 Å². The Morgan fingerprint density at radius 1 is 0.929 bits per heavy atom. The second kappa shape index (κ2) is 5.69. The Morgan fingerprint density at radius 2 is 1.57 bits per heavy atom. The van der Waals surface area contributed by atoms with E-state index in [0.717, 1.165) is 5.92 Å². The van der Waals surface area contributed by atoms with Gasteiger partial charge in [-0.1, -0.05) is 0 Å². The molecule has 0 unspecified atom stereocenters. The summed E-state index contributed by atoms with van der Waals surface area (Å²) >= 11 is 0. The number of piperidine rings is 1. The molecule has 3 heteroatoms. The Bertz CT molecular complexity index is 131. The van der Waals surface area contributed by atoms with Gasteiger partial charge in [-0.3, -0.25) is 0 Å². The van der Waals surface area contributed by atoms with E-state index in [4.69, 9.17) is 0 Å². The lowest BCUT2D eigenvalue weighted by Gasteiger charge is -2.30. The smallest absolute Gasteiger partial charge is 0.0107 e. The number of piperazine rings is 1. The molecule has 2 fully saturated rings. The van der Waals surface area contributed by atoms with Gasteiger partial charge in [-0.2, -0.15) is 0 Å². The predicted molar refractivity (Wildman–Crippen MR) is 59.5 cm³/mol. The lowest BCUT2D eigenvalue weighted by molar-refractivity contribution is 0.213. The van der Waals surface area contributed by atoms with E-state index in [9.17, 15) is 0 Å². The highest BCUT2D eigenvalue weighted by Crippen LogP contribution is 2.16. The standard InChI is InChI=1S/C11H23N3/c1-4-12-5-2-11(1)3-8-14-9-6-13-7-10-14/h11-13H,1-10H2. The van der Waals surface area contributed by atoms with Gasteiger partial charge in [0.05, 0.1) is 0 Å². The molecule has 0 radical (unpaired) electrons. The van der Waals surface area contributed by atoms with Crippen LogP contribution in [0, 0.1) is 5.92 Å². The van der Waals surface area contributed by atoms with Gasteiger partial charge in [0.1, 0.15) is 0 Å². The van der Waals surface area contributed by atoms with E-state index in [1.807, 2.05) is 0 Å². The third-order valence-corrected chi connectivity index (χ3v) is 3.52. The first-order chi connectivity index (χ1) is 6.95. The zero-order valence-electron chi connectivity index (χ0n) is 9.10. The molecule has 0 spiro atoms. The van der Waals surface area contributed by atoms with Crippen molar-refractivity contribution in [1.29, 1.82) is 0 Å². The molecule has 2 saturated heterocycles. The first-order valence-electron chi connectivity index (χ1n) is 6.09. The second-order valence-corrected chi connectivity index (χ2v) is 4.57. The van der Waals surface area contributed by atoms with Crippen LogP contribution in [0.2, 0.25) is 0 Å². The predicted octanol–water partition coefficient (Wildman–Crippen LogP) is 0.281. The molecule has 0 bridgehead atoms. The van der Waals surface area contributed by atoms with Crippen molar-refractivity contribution in [2.24, 2.45) is 5.92 Å². The molecule has 0 aliphatic carbocycles. The summed E-state index contributed by atoms with van der Waals surface area (Å²) in [4.78, 5) is 2.61. The summed E-state index contributed by atoms with van der Waals surface area (Å²) in [6, 6.07) is 0. The average molecular weight is 197 g/mol. The maximum atomic E-state index is 3.43. The van der Waals surface area contributed by atoms with Crippen LogP contribution < -0.4 is 10.6 Å². The van der Waals surface area contributed by atoms with E-state index in [-0.39, 0.29) is 0 Å². The molecule has 0 aromatic rings. The van der Waals surface area contributed by atoms with Crippen LogP contribution in [-0.2, 0) is 0 Å². The van der Waals surface area contributed by atoms with E-state index in [1.54, 1.807) is 0 Å². The zero-order valence-corrected chi connectivity index (χ0v) is 9.10. The molecule has 0 saturated carbocycles. The maximum absolute atomic E-state index is 3.43. The molecule has 82 valence electrons. The number of rotatable bonds is 3. The minimum Gasteiger partial charge on any atom is -0.317 e. The molecule has 2 aliphatic rings. The highest BCUT2D eigenvalue weighted by Gasteiger charge is 2.15. The summed E-state index contributed by atoms with van der Waals surface area (Å²) in [7, 11) is 0. The third-order valence-electron chi connectivity index (χ3n) is 3.52. The fourth-order valence-electron chi connectivity index (χ4n) is 2.47. The van der Waals surface area contributed by atoms with E-state index in [2.05, 4.69) is 15.5 Å². The van der Waals surface area contributed by atoms with Crippen LogP contribution in [0.15, 0.2) is 0 Å². The maximum Gasteiger partial charge on any atom is 0.0107 e. The van der Waals surface area contributed by atoms with Crippen molar-refractivity contribution >= 4 is 0 Å². The highest BCUT2D eigenvalue weighted by atomic mass is 15.2. The number of nitrogens with one attached hydrogen (secondary N) is 2. The van der Waals surface area contributed by atoms with Crippen molar-refractivity contribution in [3.05, 3.63) is 0 Å². The van der Waals surface area contributed by atoms with Gasteiger partial charge >= 0.3 is 0 Å². The SMILES string of the molecule is C1CC(CCN2CCNCC2)CCN1. The molecule has 2 N–H and O–H groups in total. The third kappa shape index (κ3) is 3.23. The van der Waals surface area contributed by atoms with Crippen molar-refractivity contribution in [3.63, 3.8) is 0 Å². The number of hydrogen-bond donors (Lipinski definition) is 2. The molecule has 0 atom stereocenters. The monoisotopic (exact) mass is 197 g/mol. The fourth-order valence-corrected chi connectivity index (χ4v) is 2.47. The molecular formula is C11H23N3. The molecule has 14 heavy (non-hydrogen) atoms. The Kier molecular flexibility index (Phi) is 4.22. The molecular weight excluding hydrogens is 174 g/mol. The van der Waals surface area contributed by atoms with Gasteiger partial charge in [0, 0.05) is 26.2 Å². The second-order valence-electron chi connectivity index (χ2n) is 4.57. The molecule has 2 heterocycles. The first kappa shape index (κ1) is 10.4. The summed E-state index contributed by atoms with van der Waals surface area (Å²) in [6.07, 6.45) is 4.21. The van der Waals surface area contributed by atoms with Crippen molar-refractivity contribution < 1.29 is 0 Å². The van der Waals surface area contributed by atoms with Crippen LogP contribution in [-0.4, -0.2) is 50.7 Å².